The molecule has 3 nitrogen and oxygen atoms in total. The maximum Gasteiger partial charge on any atom is 0.168 e. The standard InChI is InChI=1S/C12H17F2N3/c1-2-15-10-3-5-17(6-4-10)12-11(14)7-9(13)8-16-12/h7-8,10,15H,2-6H2,1H3. The predicted octanol–water partition coefficient (Wildman–Crippen LogP) is 1.94. The normalized spacial score (nSPS) is 17.5. The van der Waals surface area contributed by atoms with Crippen molar-refractivity contribution in [3.63, 3.8) is 0 Å². The quantitative estimate of drug-likeness (QED) is 0.876. The number of nitrogens with one attached hydrogen (secondary N) is 1. The summed E-state index contributed by atoms with van der Waals surface area (Å²) in [6.45, 7) is 4.54. The van der Waals surface area contributed by atoms with Crippen molar-refractivity contribution in [3.8, 4) is 0 Å². The Labute approximate surface area is 99.8 Å². The molecule has 17 heavy (non-hydrogen) atoms. The number of rotatable bonds is 3. The molecule has 1 aromatic heterocycles. The first-order valence-corrected chi connectivity index (χ1v) is 6.00. The molecule has 1 aliphatic rings. The van der Waals surface area contributed by atoms with Gasteiger partial charge >= 0.3 is 0 Å². The molecule has 1 saturated heterocycles. The van der Waals surface area contributed by atoms with Crippen molar-refractivity contribution in [2.24, 2.45) is 0 Å². The molecule has 0 unspecified atom stereocenters. The Morgan fingerprint density at radius 1 is 1.41 bits per heavy atom. The average Bonchev–Trinajstić information content (AvgIpc) is 2.31. The molecule has 1 N–H and O–H groups in total. The van der Waals surface area contributed by atoms with Crippen molar-refractivity contribution in [2.45, 2.75) is 25.8 Å². The number of hydrogen-bond acceptors (Lipinski definition) is 3. The lowest BCUT2D eigenvalue weighted by Gasteiger charge is -2.33. The zero-order valence-electron chi connectivity index (χ0n) is 9.92. The molecule has 0 amide bonds. The summed E-state index contributed by atoms with van der Waals surface area (Å²) in [7, 11) is 0. The van der Waals surface area contributed by atoms with Gasteiger partial charge in [-0.2, -0.15) is 0 Å². The fraction of sp³-hybridized carbons (Fsp3) is 0.583. The highest BCUT2D eigenvalue weighted by atomic mass is 19.1. The highest BCUT2D eigenvalue weighted by Gasteiger charge is 2.21. The molecule has 0 bridgehead atoms. The van der Waals surface area contributed by atoms with Crippen LogP contribution in [0.4, 0.5) is 14.6 Å². The molecule has 0 atom stereocenters. The van der Waals surface area contributed by atoms with E-state index in [4.69, 9.17) is 0 Å². The Balaban J connectivity index is 2.00. The van der Waals surface area contributed by atoms with Crippen molar-refractivity contribution in [1.29, 1.82) is 0 Å². The van der Waals surface area contributed by atoms with Crippen LogP contribution < -0.4 is 10.2 Å². The van der Waals surface area contributed by atoms with E-state index in [1.807, 2.05) is 4.90 Å². The van der Waals surface area contributed by atoms with Gasteiger partial charge in [-0.15, -0.1) is 0 Å². The number of pyridine rings is 1. The Hall–Kier alpha value is -1.23. The van der Waals surface area contributed by atoms with Crippen LogP contribution in [0.15, 0.2) is 12.3 Å². The maximum absolute atomic E-state index is 13.5. The Morgan fingerprint density at radius 2 is 2.12 bits per heavy atom. The lowest BCUT2D eigenvalue weighted by Crippen LogP contribution is -2.43. The van der Waals surface area contributed by atoms with Gasteiger partial charge in [0.1, 0.15) is 5.82 Å². The Bertz CT molecular complexity index is 376. The van der Waals surface area contributed by atoms with E-state index < -0.39 is 11.6 Å². The highest BCUT2D eigenvalue weighted by Crippen LogP contribution is 2.21. The first-order chi connectivity index (χ1) is 8.20. The lowest BCUT2D eigenvalue weighted by molar-refractivity contribution is 0.418. The Morgan fingerprint density at radius 3 is 2.71 bits per heavy atom. The second-order valence-corrected chi connectivity index (χ2v) is 4.28. The third kappa shape index (κ3) is 2.91. The van der Waals surface area contributed by atoms with Crippen LogP contribution in [0.1, 0.15) is 19.8 Å². The minimum atomic E-state index is -0.631. The van der Waals surface area contributed by atoms with E-state index in [0.717, 1.165) is 44.7 Å². The van der Waals surface area contributed by atoms with Crippen LogP contribution in [0.25, 0.3) is 0 Å². The fourth-order valence-electron chi connectivity index (χ4n) is 2.22. The molecule has 1 fully saturated rings. The number of aromatic nitrogens is 1. The zero-order chi connectivity index (χ0) is 12.3. The second-order valence-electron chi connectivity index (χ2n) is 4.28. The predicted molar refractivity (Wildman–Crippen MR) is 63.1 cm³/mol. The first-order valence-electron chi connectivity index (χ1n) is 6.00. The van der Waals surface area contributed by atoms with E-state index in [2.05, 4.69) is 17.2 Å². The van der Waals surface area contributed by atoms with Crippen LogP contribution in [-0.4, -0.2) is 30.7 Å². The molecule has 0 radical (unpaired) electrons. The minimum absolute atomic E-state index is 0.265. The number of halogens is 2. The number of hydrogen-bond donors (Lipinski definition) is 1. The van der Waals surface area contributed by atoms with E-state index in [0.29, 0.717) is 6.04 Å². The molecule has 0 saturated carbocycles. The van der Waals surface area contributed by atoms with Crippen molar-refractivity contribution >= 4 is 5.82 Å². The highest BCUT2D eigenvalue weighted by molar-refractivity contribution is 5.40. The zero-order valence-corrected chi connectivity index (χ0v) is 9.92. The van der Waals surface area contributed by atoms with Crippen molar-refractivity contribution in [1.82, 2.24) is 10.3 Å². The van der Waals surface area contributed by atoms with Crippen LogP contribution in [-0.2, 0) is 0 Å². The summed E-state index contributed by atoms with van der Waals surface area (Å²) in [6.07, 6.45) is 2.99. The van der Waals surface area contributed by atoms with Crippen LogP contribution in [0.3, 0.4) is 0 Å². The second kappa shape index (κ2) is 5.40. The van der Waals surface area contributed by atoms with E-state index in [1.165, 1.54) is 0 Å². The average molecular weight is 241 g/mol. The fourth-order valence-corrected chi connectivity index (χ4v) is 2.22. The molecular formula is C12H17F2N3. The molecule has 94 valence electrons. The number of anilines is 1. The van der Waals surface area contributed by atoms with Gasteiger partial charge in [-0.25, -0.2) is 13.8 Å². The summed E-state index contributed by atoms with van der Waals surface area (Å²) in [5, 5.41) is 3.38. The maximum atomic E-state index is 13.5. The third-order valence-corrected chi connectivity index (χ3v) is 3.08. The number of nitrogens with zero attached hydrogens (tertiary/aromatic N) is 2. The minimum Gasteiger partial charge on any atom is -0.354 e. The van der Waals surface area contributed by atoms with Crippen LogP contribution in [0.2, 0.25) is 0 Å². The largest absolute Gasteiger partial charge is 0.354 e. The molecule has 0 aromatic carbocycles. The molecule has 0 spiro atoms. The first kappa shape index (κ1) is 12.2. The van der Waals surface area contributed by atoms with E-state index >= 15 is 0 Å². The van der Waals surface area contributed by atoms with Gasteiger partial charge in [-0.1, -0.05) is 6.92 Å². The molecule has 2 heterocycles. The van der Waals surface area contributed by atoms with E-state index in [-0.39, 0.29) is 5.82 Å². The van der Waals surface area contributed by atoms with Gasteiger partial charge in [-0.05, 0) is 19.4 Å². The van der Waals surface area contributed by atoms with Gasteiger partial charge < -0.3 is 10.2 Å². The van der Waals surface area contributed by atoms with Crippen molar-refractivity contribution in [3.05, 3.63) is 23.9 Å². The van der Waals surface area contributed by atoms with Gasteiger partial charge in [0.2, 0.25) is 0 Å². The van der Waals surface area contributed by atoms with E-state index in [1.54, 1.807) is 0 Å². The smallest absolute Gasteiger partial charge is 0.168 e. The third-order valence-electron chi connectivity index (χ3n) is 3.08. The van der Waals surface area contributed by atoms with Crippen LogP contribution in [0, 0.1) is 11.6 Å². The topological polar surface area (TPSA) is 28.2 Å². The summed E-state index contributed by atoms with van der Waals surface area (Å²) in [4.78, 5) is 5.71. The summed E-state index contributed by atoms with van der Waals surface area (Å²) in [5.74, 6) is -0.943. The van der Waals surface area contributed by atoms with Crippen LogP contribution >= 0.6 is 0 Å². The van der Waals surface area contributed by atoms with E-state index in [9.17, 15) is 8.78 Å². The molecule has 2 rings (SSSR count). The van der Waals surface area contributed by atoms with Gasteiger partial charge in [-0.3, -0.25) is 0 Å². The molecule has 1 aromatic rings. The molecular weight excluding hydrogens is 224 g/mol. The van der Waals surface area contributed by atoms with Gasteiger partial charge in [0.25, 0.3) is 0 Å². The lowest BCUT2D eigenvalue weighted by atomic mass is 10.1. The van der Waals surface area contributed by atoms with Gasteiger partial charge in [0, 0.05) is 25.2 Å². The molecule has 1 aliphatic heterocycles. The number of piperidine rings is 1. The SMILES string of the molecule is CCNC1CCN(c2ncc(F)cc2F)CC1. The summed E-state index contributed by atoms with van der Waals surface area (Å²) in [5.41, 5.74) is 0. The summed E-state index contributed by atoms with van der Waals surface area (Å²) < 4.78 is 26.3. The van der Waals surface area contributed by atoms with Crippen molar-refractivity contribution < 1.29 is 8.78 Å². The monoisotopic (exact) mass is 241 g/mol. The van der Waals surface area contributed by atoms with Gasteiger partial charge in [0.15, 0.2) is 11.6 Å². The van der Waals surface area contributed by atoms with Crippen molar-refractivity contribution in [2.75, 3.05) is 24.5 Å². The van der Waals surface area contributed by atoms with Crippen LogP contribution in [0.5, 0.6) is 0 Å². The Kier molecular flexibility index (Phi) is 3.89. The molecule has 0 aliphatic carbocycles. The summed E-state index contributed by atoms with van der Waals surface area (Å²) in [6, 6.07) is 1.39. The summed E-state index contributed by atoms with van der Waals surface area (Å²) >= 11 is 0. The van der Waals surface area contributed by atoms with Gasteiger partial charge in [0.05, 0.1) is 6.20 Å². The molecule has 5 heteroatoms.